The van der Waals surface area contributed by atoms with Crippen LogP contribution in [0.2, 0.25) is 5.28 Å². The topological polar surface area (TPSA) is 110 Å². The van der Waals surface area contributed by atoms with Gasteiger partial charge < -0.3 is 5.32 Å². The molecule has 11 heteroatoms. The molecular weight excluding hydrogens is 440 g/mol. The summed E-state index contributed by atoms with van der Waals surface area (Å²) in [6.45, 7) is 3.71. The van der Waals surface area contributed by atoms with E-state index < -0.39 is 10.0 Å². The molecule has 2 aromatic heterocycles. The van der Waals surface area contributed by atoms with E-state index in [4.69, 9.17) is 11.6 Å². The Hall–Kier alpha value is -1.78. The smallest absolute Gasteiger partial charge is 0.295 e. The lowest BCUT2D eigenvalue weighted by molar-refractivity contribution is 0.281. The lowest BCUT2D eigenvalue weighted by Crippen LogP contribution is -2.41. The van der Waals surface area contributed by atoms with Crippen molar-refractivity contribution >= 4 is 38.6 Å². The van der Waals surface area contributed by atoms with Crippen LogP contribution in [0.25, 0.3) is 11.2 Å². The lowest BCUT2D eigenvalue weighted by atomic mass is 9.98. The van der Waals surface area contributed by atoms with Crippen molar-refractivity contribution in [3.05, 3.63) is 21.8 Å². The molecule has 0 unspecified atom stereocenters. The van der Waals surface area contributed by atoms with Crippen molar-refractivity contribution in [1.82, 2.24) is 23.8 Å². The molecule has 3 aliphatic rings. The number of halogens is 1. The van der Waals surface area contributed by atoms with Crippen molar-refractivity contribution in [3.63, 3.8) is 0 Å². The van der Waals surface area contributed by atoms with E-state index in [9.17, 15) is 13.2 Å². The molecule has 2 aromatic rings. The predicted octanol–water partition coefficient (Wildman–Crippen LogP) is 2.43. The standard InChI is InChI=1S/C20H27ClN6O3S/c1-12(14-2-3-14)27-18-16(11-23-20(21)25-18)24-17(19(27)28)22-10-13-6-8-26(9-7-13)31(29,30)15-4-5-15/h11-15H,2-10H2,1H3,(H,22,24)/t12-/m0/s1. The van der Waals surface area contributed by atoms with E-state index in [1.807, 2.05) is 6.92 Å². The Labute approximate surface area is 186 Å². The van der Waals surface area contributed by atoms with Gasteiger partial charge in [-0.1, -0.05) is 0 Å². The molecule has 1 aliphatic heterocycles. The second kappa shape index (κ2) is 7.97. The molecule has 1 atom stereocenters. The number of hydrogen-bond acceptors (Lipinski definition) is 7. The summed E-state index contributed by atoms with van der Waals surface area (Å²) in [5.41, 5.74) is 0.799. The van der Waals surface area contributed by atoms with Crippen LogP contribution in [0.4, 0.5) is 5.82 Å². The largest absolute Gasteiger partial charge is 0.365 e. The Balaban J connectivity index is 1.32. The molecule has 0 radical (unpaired) electrons. The normalized spacial score (nSPS) is 22.0. The molecule has 1 saturated heterocycles. The van der Waals surface area contributed by atoms with Gasteiger partial charge in [0.25, 0.3) is 5.56 Å². The second-order valence-corrected chi connectivity index (χ2v) is 11.6. The molecule has 3 heterocycles. The van der Waals surface area contributed by atoms with Crippen molar-refractivity contribution < 1.29 is 8.42 Å². The number of rotatable bonds is 7. The number of hydrogen-bond donors (Lipinski definition) is 1. The Morgan fingerprint density at radius 2 is 1.87 bits per heavy atom. The van der Waals surface area contributed by atoms with Gasteiger partial charge in [-0.05, 0) is 68.9 Å². The highest BCUT2D eigenvalue weighted by molar-refractivity contribution is 7.90. The fourth-order valence-corrected chi connectivity index (χ4v) is 6.45. The molecule has 3 fully saturated rings. The first-order valence-electron chi connectivity index (χ1n) is 11.0. The molecule has 9 nitrogen and oxygen atoms in total. The van der Waals surface area contributed by atoms with E-state index >= 15 is 0 Å². The minimum Gasteiger partial charge on any atom is -0.365 e. The predicted molar refractivity (Wildman–Crippen MR) is 119 cm³/mol. The fourth-order valence-electron chi connectivity index (χ4n) is 4.45. The Morgan fingerprint density at radius 1 is 1.16 bits per heavy atom. The summed E-state index contributed by atoms with van der Waals surface area (Å²) in [6, 6.07) is 0.0142. The number of anilines is 1. The van der Waals surface area contributed by atoms with E-state index in [0.717, 1.165) is 38.5 Å². The number of nitrogens with one attached hydrogen (secondary N) is 1. The third-order valence-electron chi connectivity index (χ3n) is 6.75. The summed E-state index contributed by atoms with van der Waals surface area (Å²) in [7, 11) is -3.11. The summed E-state index contributed by atoms with van der Waals surface area (Å²) in [5, 5.41) is 3.17. The van der Waals surface area contributed by atoms with E-state index in [-0.39, 0.29) is 22.1 Å². The van der Waals surface area contributed by atoms with Crippen LogP contribution in [0.5, 0.6) is 0 Å². The monoisotopic (exact) mass is 466 g/mol. The van der Waals surface area contributed by atoms with Crippen molar-refractivity contribution in [2.45, 2.75) is 56.7 Å². The van der Waals surface area contributed by atoms with Gasteiger partial charge in [0.2, 0.25) is 15.3 Å². The zero-order valence-corrected chi connectivity index (χ0v) is 19.1. The van der Waals surface area contributed by atoms with Gasteiger partial charge in [-0.3, -0.25) is 9.36 Å². The highest BCUT2D eigenvalue weighted by atomic mass is 35.5. The van der Waals surface area contributed by atoms with Crippen molar-refractivity contribution in [2.75, 3.05) is 25.0 Å². The summed E-state index contributed by atoms with van der Waals surface area (Å²) >= 11 is 5.98. The van der Waals surface area contributed by atoms with Gasteiger partial charge >= 0.3 is 0 Å². The molecular formula is C20H27ClN6O3S. The maximum absolute atomic E-state index is 13.3. The first kappa shape index (κ1) is 21.1. The molecule has 5 rings (SSSR count). The van der Waals surface area contributed by atoms with Crippen LogP contribution < -0.4 is 10.9 Å². The quantitative estimate of drug-likeness (QED) is 0.624. The van der Waals surface area contributed by atoms with E-state index in [1.165, 1.54) is 0 Å². The van der Waals surface area contributed by atoms with Gasteiger partial charge in [0.15, 0.2) is 11.5 Å². The Morgan fingerprint density at radius 3 is 2.52 bits per heavy atom. The molecule has 2 saturated carbocycles. The SMILES string of the molecule is C[C@@H](C1CC1)n1c(=O)c(NCC2CCN(S(=O)(=O)C3CC3)CC2)nc2cnc(Cl)nc21. The Bertz CT molecular complexity index is 1150. The molecule has 0 amide bonds. The van der Waals surface area contributed by atoms with E-state index in [2.05, 4.69) is 20.3 Å². The molecule has 31 heavy (non-hydrogen) atoms. The highest BCUT2D eigenvalue weighted by Gasteiger charge is 2.41. The maximum Gasteiger partial charge on any atom is 0.295 e. The molecule has 168 valence electrons. The average molecular weight is 467 g/mol. The second-order valence-electron chi connectivity index (χ2n) is 9.03. The summed E-state index contributed by atoms with van der Waals surface area (Å²) in [6.07, 6.45) is 6.88. The third-order valence-corrected chi connectivity index (χ3v) is 9.33. The van der Waals surface area contributed by atoms with Gasteiger partial charge in [-0.15, -0.1) is 0 Å². The third kappa shape index (κ3) is 4.17. The molecule has 0 spiro atoms. The van der Waals surface area contributed by atoms with Crippen molar-refractivity contribution in [3.8, 4) is 0 Å². The van der Waals surface area contributed by atoms with E-state index in [0.29, 0.717) is 48.5 Å². The number of aromatic nitrogens is 4. The molecule has 1 N–H and O–H groups in total. The minimum absolute atomic E-state index is 0.0142. The number of fused-ring (bicyclic) bond motifs is 1. The van der Waals surface area contributed by atoms with Crippen LogP contribution in [-0.2, 0) is 10.0 Å². The summed E-state index contributed by atoms with van der Waals surface area (Å²) < 4.78 is 28.2. The van der Waals surface area contributed by atoms with Crippen LogP contribution in [0.1, 0.15) is 51.5 Å². The average Bonchev–Trinajstić information content (AvgIpc) is 3.64. The van der Waals surface area contributed by atoms with Crippen LogP contribution in [0, 0.1) is 11.8 Å². The molecule has 0 bridgehead atoms. The van der Waals surface area contributed by atoms with Gasteiger partial charge in [0, 0.05) is 25.7 Å². The fraction of sp³-hybridized carbons (Fsp3) is 0.700. The number of sulfonamides is 1. The van der Waals surface area contributed by atoms with Gasteiger partial charge in [-0.25, -0.2) is 22.7 Å². The van der Waals surface area contributed by atoms with Crippen LogP contribution >= 0.6 is 11.6 Å². The van der Waals surface area contributed by atoms with Crippen LogP contribution in [0.15, 0.2) is 11.0 Å². The first-order valence-corrected chi connectivity index (χ1v) is 12.9. The van der Waals surface area contributed by atoms with Crippen molar-refractivity contribution in [2.24, 2.45) is 11.8 Å². The number of nitrogens with zero attached hydrogens (tertiary/aromatic N) is 5. The number of piperidine rings is 1. The summed E-state index contributed by atoms with van der Waals surface area (Å²) in [5.74, 6) is 1.04. The van der Waals surface area contributed by atoms with Gasteiger partial charge in [0.1, 0.15) is 5.52 Å². The molecule has 2 aliphatic carbocycles. The van der Waals surface area contributed by atoms with Crippen molar-refractivity contribution in [1.29, 1.82) is 0 Å². The van der Waals surface area contributed by atoms with Crippen LogP contribution in [0.3, 0.4) is 0 Å². The zero-order valence-electron chi connectivity index (χ0n) is 17.5. The van der Waals surface area contributed by atoms with E-state index in [1.54, 1.807) is 15.1 Å². The summed E-state index contributed by atoms with van der Waals surface area (Å²) in [4.78, 5) is 26.0. The lowest BCUT2D eigenvalue weighted by Gasteiger charge is -2.31. The highest BCUT2D eigenvalue weighted by Crippen LogP contribution is 2.39. The van der Waals surface area contributed by atoms with Crippen LogP contribution in [-0.4, -0.2) is 57.1 Å². The Kier molecular flexibility index (Phi) is 5.42. The van der Waals surface area contributed by atoms with Gasteiger partial charge in [-0.2, -0.15) is 4.98 Å². The van der Waals surface area contributed by atoms with Gasteiger partial charge in [0.05, 0.1) is 11.4 Å². The minimum atomic E-state index is -3.11. The first-order chi connectivity index (χ1) is 14.8. The maximum atomic E-state index is 13.3. The molecule has 0 aromatic carbocycles. The zero-order chi connectivity index (χ0) is 21.8.